The molecule has 0 amide bonds. The Labute approximate surface area is 89.7 Å². The molecule has 1 atom stereocenters. The van der Waals surface area contributed by atoms with Gasteiger partial charge in [-0.05, 0) is 54.7 Å². The Morgan fingerprint density at radius 2 is 2.21 bits per heavy atom. The number of rotatable bonds is 4. The fourth-order valence-electron chi connectivity index (χ4n) is 2.07. The number of nitrogens with two attached hydrogens (primary N) is 1. The van der Waals surface area contributed by atoms with Crippen molar-refractivity contribution >= 4 is 11.3 Å². The zero-order valence-electron chi connectivity index (χ0n) is 8.48. The molecule has 0 spiro atoms. The molecule has 14 heavy (non-hydrogen) atoms. The largest absolute Gasteiger partial charge is 0.326 e. The van der Waals surface area contributed by atoms with Gasteiger partial charge in [0.1, 0.15) is 0 Å². The minimum Gasteiger partial charge on any atom is -0.326 e. The molecular formula is C11H18N2S. The molecule has 1 aromatic rings. The van der Waals surface area contributed by atoms with E-state index in [0.29, 0.717) is 6.04 Å². The third-order valence-electron chi connectivity index (χ3n) is 2.77. The Hall–Kier alpha value is -0.380. The van der Waals surface area contributed by atoms with Gasteiger partial charge in [0, 0.05) is 12.6 Å². The molecule has 1 saturated heterocycles. The second-order valence-electron chi connectivity index (χ2n) is 4.10. The van der Waals surface area contributed by atoms with Crippen molar-refractivity contribution in [3.8, 4) is 0 Å². The molecule has 0 aliphatic carbocycles. The third-order valence-corrected chi connectivity index (χ3v) is 3.50. The fourth-order valence-corrected chi connectivity index (χ4v) is 2.75. The monoisotopic (exact) mass is 210 g/mol. The summed E-state index contributed by atoms with van der Waals surface area (Å²) in [6.07, 6.45) is 3.73. The first kappa shape index (κ1) is 10.1. The average molecular weight is 210 g/mol. The van der Waals surface area contributed by atoms with Gasteiger partial charge in [-0.2, -0.15) is 11.3 Å². The van der Waals surface area contributed by atoms with Crippen LogP contribution in [-0.4, -0.2) is 30.6 Å². The quantitative estimate of drug-likeness (QED) is 0.820. The van der Waals surface area contributed by atoms with Gasteiger partial charge in [-0.1, -0.05) is 0 Å². The highest BCUT2D eigenvalue weighted by molar-refractivity contribution is 7.07. The topological polar surface area (TPSA) is 29.3 Å². The molecular weight excluding hydrogens is 192 g/mol. The van der Waals surface area contributed by atoms with Crippen LogP contribution >= 0.6 is 11.3 Å². The molecule has 2 rings (SSSR count). The molecule has 78 valence electrons. The maximum absolute atomic E-state index is 6.11. The van der Waals surface area contributed by atoms with Gasteiger partial charge in [0.05, 0.1) is 0 Å². The smallest absolute Gasteiger partial charge is 0.0209 e. The fraction of sp³-hybridized carbons (Fsp3) is 0.636. The van der Waals surface area contributed by atoms with Crippen LogP contribution in [0, 0.1) is 0 Å². The Morgan fingerprint density at radius 3 is 2.86 bits per heavy atom. The van der Waals surface area contributed by atoms with E-state index in [1.807, 2.05) is 0 Å². The van der Waals surface area contributed by atoms with E-state index in [1.165, 1.54) is 31.5 Å². The van der Waals surface area contributed by atoms with Crippen LogP contribution in [0.5, 0.6) is 0 Å². The lowest BCUT2D eigenvalue weighted by Gasteiger charge is -2.19. The highest BCUT2D eigenvalue weighted by atomic mass is 32.1. The molecule has 1 aliphatic heterocycles. The van der Waals surface area contributed by atoms with E-state index >= 15 is 0 Å². The van der Waals surface area contributed by atoms with Crippen LogP contribution in [0.3, 0.4) is 0 Å². The van der Waals surface area contributed by atoms with E-state index in [1.54, 1.807) is 11.3 Å². The van der Waals surface area contributed by atoms with Crippen LogP contribution in [0.1, 0.15) is 18.4 Å². The lowest BCUT2D eigenvalue weighted by molar-refractivity contribution is 0.313. The van der Waals surface area contributed by atoms with Gasteiger partial charge in [-0.25, -0.2) is 0 Å². The van der Waals surface area contributed by atoms with E-state index in [9.17, 15) is 0 Å². The number of hydrogen-bond acceptors (Lipinski definition) is 3. The van der Waals surface area contributed by atoms with Gasteiger partial charge < -0.3 is 10.6 Å². The second-order valence-corrected chi connectivity index (χ2v) is 4.88. The van der Waals surface area contributed by atoms with Gasteiger partial charge in [0.25, 0.3) is 0 Å². The summed E-state index contributed by atoms with van der Waals surface area (Å²) in [4.78, 5) is 2.48. The van der Waals surface area contributed by atoms with Gasteiger partial charge in [-0.15, -0.1) is 0 Å². The summed E-state index contributed by atoms with van der Waals surface area (Å²) in [5.74, 6) is 0. The minimum atomic E-state index is 0.308. The number of nitrogens with zero attached hydrogens (tertiary/aromatic N) is 1. The SMILES string of the molecule is N[C@H](Cc1ccsc1)CN1CCCC1. The molecule has 1 aliphatic rings. The van der Waals surface area contributed by atoms with Crippen LogP contribution in [0.25, 0.3) is 0 Å². The lowest BCUT2D eigenvalue weighted by atomic mass is 10.1. The number of thiophene rings is 1. The molecule has 2 N–H and O–H groups in total. The van der Waals surface area contributed by atoms with Crippen LogP contribution in [0.4, 0.5) is 0 Å². The summed E-state index contributed by atoms with van der Waals surface area (Å²) in [6, 6.07) is 2.48. The highest BCUT2D eigenvalue weighted by Gasteiger charge is 2.14. The van der Waals surface area contributed by atoms with E-state index in [0.717, 1.165) is 13.0 Å². The molecule has 3 heteroatoms. The van der Waals surface area contributed by atoms with Crippen molar-refractivity contribution in [2.45, 2.75) is 25.3 Å². The second kappa shape index (κ2) is 4.91. The predicted molar refractivity (Wildman–Crippen MR) is 61.7 cm³/mol. The maximum atomic E-state index is 6.11. The van der Waals surface area contributed by atoms with E-state index in [-0.39, 0.29) is 0 Å². The van der Waals surface area contributed by atoms with Crippen LogP contribution < -0.4 is 5.73 Å². The molecule has 1 fully saturated rings. The van der Waals surface area contributed by atoms with Gasteiger partial charge in [0.2, 0.25) is 0 Å². The van der Waals surface area contributed by atoms with E-state index < -0.39 is 0 Å². The van der Waals surface area contributed by atoms with Crippen LogP contribution in [0.15, 0.2) is 16.8 Å². The normalized spacial score (nSPS) is 20.1. The summed E-state index contributed by atoms with van der Waals surface area (Å²) in [5.41, 5.74) is 7.50. The summed E-state index contributed by atoms with van der Waals surface area (Å²) in [5, 5.41) is 4.32. The number of hydrogen-bond donors (Lipinski definition) is 1. The number of likely N-dealkylation sites (tertiary alicyclic amines) is 1. The van der Waals surface area contributed by atoms with Crippen molar-refractivity contribution in [3.63, 3.8) is 0 Å². The van der Waals surface area contributed by atoms with Crippen molar-refractivity contribution in [3.05, 3.63) is 22.4 Å². The first-order valence-electron chi connectivity index (χ1n) is 5.33. The van der Waals surface area contributed by atoms with E-state index in [4.69, 9.17) is 5.73 Å². The first-order valence-corrected chi connectivity index (χ1v) is 6.28. The zero-order chi connectivity index (χ0) is 9.80. The average Bonchev–Trinajstić information content (AvgIpc) is 2.76. The molecule has 0 saturated carbocycles. The minimum absolute atomic E-state index is 0.308. The summed E-state index contributed by atoms with van der Waals surface area (Å²) in [7, 11) is 0. The Kier molecular flexibility index (Phi) is 3.56. The summed E-state index contributed by atoms with van der Waals surface area (Å²) in [6.45, 7) is 3.56. The molecule has 2 heterocycles. The Balaban J connectivity index is 1.75. The maximum Gasteiger partial charge on any atom is 0.0209 e. The van der Waals surface area contributed by atoms with Crippen LogP contribution in [-0.2, 0) is 6.42 Å². The zero-order valence-corrected chi connectivity index (χ0v) is 9.30. The molecule has 0 aromatic carbocycles. The van der Waals surface area contributed by atoms with Crippen LogP contribution in [0.2, 0.25) is 0 Å². The molecule has 1 aromatic heterocycles. The molecule has 0 unspecified atom stereocenters. The first-order chi connectivity index (χ1) is 6.84. The summed E-state index contributed by atoms with van der Waals surface area (Å²) >= 11 is 1.76. The lowest BCUT2D eigenvalue weighted by Crippen LogP contribution is -2.37. The summed E-state index contributed by atoms with van der Waals surface area (Å²) < 4.78 is 0. The van der Waals surface area contributed by atoms with Crippen molar-refractivity contribution in [1.82, 2.24) is 4.90 Å². The van der Waals surface area contributed by atoms with Crippen molar-refractivity contribution < 1.29 is 0 Å². The molecule has 0 bridgehead atoms. The van der Waals surface area contributed by atoms with E-state index in [2.05, 4.69) is 21.7 Å². The van der Waals surface area contributed by atoms with Crippen molar-refractivity contribution in [2.75, 3.05) is 19.6 Å². The van der Waals surface area contributed by atoms with Gasteiger partial charge >= 0.3 is 0 Å². The highest BCUT2D eigenvalue weighted by Crippen LogP contribution is 2.11. The van der Waals surface area contributed by atoms with Gasteiger partial charge in [0.15, 0.2) is 0 Å². The molecule has 2 nitrogen and oxygen atoms in total. The Bertz CT molecular complexity index is 252. The van der Waals surface area contributed by atoms with Crippen molar-refractivity contribution in [2.24, 2.45) is 5.73 Å². The molecule has 0 radical (unpaired) electrons. The third kappa shape index (κ3) is 2.80. The standard InChI is InChI=1S/C11H18N2S/c12-11(7-10-3-6-14-9-10)8-13-4-1-2-5-13/h3,6,9,11H,1-2,4-5,7-8,12H2/t11-/m1/s1. The Morgan fingerprint density at radius 1 is 1.43 bits per heavy atom. The van der Waals surface area contributed by atoms with Crippen molar-refractivity contribution in [1.29, 1.82) is 0 Å². The van der Waals surface area contributed by atoms with Gasteiger partial charge in [-0.3, -0.25) is 0 Å². The predicted octanol–water partition coefficient (Wildman–Crippen LogP) is 1.71.